The van der Waals surface area contributed by atoms with E-state index in [1.807, 2.05) is 35.2 Å². The molecule has 1 amide bonds. The second-order valence-electron chi connectivity index (χ2n) is 4.70. The van der Waals surface area contributed by atoms with Crippen LogP contribution in [0.25, 0.3) is 11.5 Å². The molecule has 0 unspecified atom stereocenters. The zero-order chi connectivity index (χ0) is 14.7. The van der Waals surface area contributed by atoms with Gasteiger partial charge in [0.15, 0.2) is 0 Å². The Kier molecular flexibility index (Phi) is 3.72. The number of methoxy groups -OCH3 is 1. The van der Waals surface area contributed by atoms with E-state index in [0.717, 1.165) is 5.56 Å². The highest BCUT2D eigenvalue weighted by molar-refractivity contribution is 5.67. The average molecular weight is 288 g/mol. The molecular formula is C14H16N4O3. The van der Waals surface area contributed by atoms with Crippen molar-refractivity contribution in [3.8, 4) is 11.5 Å². The van der Waals surface area contributed by atoms with E-state index in [9.17, 15) is 4.79 Å². The van der Waals surface area contributed by atoms with E-state index in [1.165, 1.54) is 7.11 Å². The molecule has 1 aliphatic heterocycles. The molecule has 3 rings (SSSR count). The van der Waals surface area contributed by atoms with Gasteiger partial charge < -0.3 is 19.0 Å². The molecule has 21 heavy (non-hydrogen) atoms. The third kappa shape index (κ3) is 2.81. The molecule has 0 spiro atoms. The number of aromatic nitrogens is 2. The Morgan fingerprint density at radius 1 is 1.14 bits per heavy atom. The smallest absolute Gasteiger partial charge is 0.409 e. The quantitative estimate of drug-likeness (QED) is 0.836. The molecule has 7 nitrogen and oxygen atoms in total. The Morgan fingerprint density at radius 2 is 1.86 bits per heavy atom. The lowest BCUT2D eigenvalue weighted by Crippen LogP contribution is -2.48. The number of rotatable bonds is 2. The first-order valence-corrected chi connectivity index (χ1v) is 6.74. The van der Waals surface area contributed by atoms with Crippen molar-refractivity contribution < 1.29 is 13.9 Å². The number of ether oxygens (including phenoxy) is 1. The Balaban J connectivity index is 1.67. The summed E-state index contributed by atoms with van der Waals surface area (Å²) in [4.78, 5) is 15.1. The second-order valence-corrected chi connectivity index (χ2v) is 4.70. The second kappa shape index (κ2) is 5.82. The molecule has 0 radical (unpaired) electrons. The van der Waals surface area contributed by atoms with Gasteiger partial charge in [-0.1, -0.05) is 23.3 Å². The number of carbonyl (C=O) groups excluding carboxylic acids is 1. The Hall–Kier alpha value is -2.57. The molecule has 0 bridgehead atoms. The van der Waals surface area contributed by atoms with Gasteiger partial charge in [-0.3, -0.25) is 0 Å². The van der Waals surface area contributed by atoms with Gasteiger partial charge in [-0.2, -0.15) is 0 Å². The van der Waals surface area contributed by atoms with Crippen LogP contribution in [0.4, 0.5) is 10.8 Å². The number of amides is 1. The summed E-state index contributed by atoms with van der Waals surface area (Å²) >= 11 is 0. The minimum absolute atomic E-state index is 0.301. The number of nitrogens with zero attached hydrogens (tertiary/aromatic N) is 4. The van der Waals surface area contributed by atoms with E-state index < -0.39 is 0 Å². The molecule has 0 atom stereocenters. The summed E-state index contributed by atoms with van der Waals surface area (Å²) in [6.07, 6.45) is -0.301. The first kappa shape index (κ1) is 13.4. The van der Waals surface area contributed by atoms with Crippen molar-refractivity contribution >= 4 is 12.1 Å². The van der Waals surface area contributed by atoms with Crippen molar-refractivity contribution in [2.75, 3.05) is 38.2 Å². The molecule has 0 saturated carbocycles. The minimum Gasteiger partial charge on any atom is -0.453 e. The molecule has 0 N–H and O–H groups in total. The van der Waals surface area contributed by atoms with Gasteiger partial charge in [0, 0.05) is 31.7 Å². The summed E-state index contributed by atoms with van der Waals surface area (Å²) in [5.74, 6) is 0.501. The van der Waals surface area contributed by atoms with Crippen molar-refractivity contribution in [1.82, 2.24) is 15.1 Å². The average Bonchev–Trinajstić information content (AvgIpc) is 3.05. The molecule has 1 saturated heterocycles. The maximum absolute atomic E-state index is 11.4. The summed E-state index contributed by atoms with van der Waals surface area (Å²) in [5.41, 5.74) is 0.893. The van der Waals surface area contributed by atoms with E-state index >= 15 is 0 Å². The van der Waals surface area contributed by atoms with Crippen LogP contribution in [-0.4, -0.2) is 54.5 Å². The fraction of sp³-hybridized carbons (Fsp3) is 0.357. The summed E-state index contributed by atoms with van der Waals surface area (Å²) < 4.78 is 10.4. The van der Waals surface area contributed by atoms with Crippen LogP contribution < -0.4 is 4.90 Å². The topological polar surface area (TPSA) is 71.7 Å². The first-order valence-electron chi connectivity index (χ1n) is 6.74. The number of piperazine rings is 1. The van der Waals surface area contributed by atoms with Crippen LogP contribution in [-0.2, 0) is 4.74 Å². The maximum Gasteiger partial charge on any atom is 0.409 e. The van der Waals surface area contributed by atoms with Crippen LogP contribution in [0.2, 0.25) is 0 Å². The van der Waals surface area contributed by atoms with Gasteiger partial charge in [0.2, 0.25) is 5.89 Å². The first-order chi connectivity index (χ1) is 10.3. The van der Waals surface area contributed by atoms with Crippen LogP contribution in [0.15, 0.2) is 34.7 Å². The highest BCUT2D eigenvalue weighted by Gasteiger charge is 2.24. The number of hydrogen-bond donors (Lipinski definition) is 0. The van der Waals surface area contributed by atoms with E-state index in [-0.39, 0.29) is 6.09 Å². The lowest BCUT2D eigenvalue weighted by atomic mass is 10.2. The number of carbonyl (C=O) groups is 1. The summed E-state index contributed by atoms with van der Waals surface area (Å²) in [6, 6.07) is 10.1. The van der Waals surface area contributed by atoms with Crippen LogP contribution in [0.5, 0.6) is 0 Å². The van der Waals surface area contributed by atoms with Gasteiger partial charge in [0.1, 0.15) is 0 Å². The van der Waals surface area contributed by atoms with E-state index in [1.54, 1.807) is 4.90 Å². The predicted molar refractivity (Wildman–Crippen MR) is 75.9 cm³/mol. The fourth-order valence-corrected chi connectivity index (χ4v) is 2.25. The zero-order valence-corrected chi connectivity index (χ0v) is 11.7. The molecule has 2 aromatic rings. The van der Waals surface area contributed by atoms with Gasteiger partial charge >= 0.3 is 12.1 Å². The highest BCUT2D eigenvalue weighted by Crippen LogP contribution is 2.22. The predicted octanol–water partition coefficient (Wildman–Crippen LogP) is 1.62. The largest absolute Gasteiger partial charge is 0.453 e. The number of hydrogen-bond acceptors (Lipinski definition) is 6. The molecule has 1 fully saturated rings. The van der Waals surface area contributed by atoms with Gasteiger partial charge in [-0.25, -0.2) is 4.79 Å². The molecule has 7 heteroatoms. The van der Waals surface area contributed by atoms with Crippen LogP contribution in [0, 0.1) is 0 Å². The minimum atomic E-state index is -0.301. The lowest BCUT2D eigenvalue weighted by molar-refractivity contribution is 0.120. The summed E-state index contributed by atoms with van der Waals surface area (Å²) in [6.45, 7) is 2.45. The van der Waals surface area contributed by atoms with Crippen molar-refractivity contribution in [2.24, 2.45) is 0 Å². The van der Waals surface area contributed by atoms with Gasteiger partial charge in [-0.05, 0) is 12.1 Å². The molecule has 1 aliphatic rings. The van der Waals surface area contributed by atoms with Crippen LogP contribution >= 0.6 is 0 Å². The third-order valence-corrected chi connectivity index (χ3v) is 3.42. The molecule has 1 aromatic carbocycles. The van der Waals surface area contributed by atoms with Gasteiger partial charge in [0.25, 0.3) is 0 Å². The van der Waals surface area contributed by atoms with Crippen LogP contribution in [0.1, 0.15) is 0 Å². The van der Waals surface area contributed by atoms with E-state index in [2.05, 4.69) is 10.2 Å². The standard InChI is InChI=1S/C14H16N4O3/c1-20-14(19)18-9-7-17(8-10-18)13-16-15-12(21-13)11-5-3-2-4-6-11/h2-6H,7-10H2,1H3. The highest BCUT2D eigenvalue weighted by atomic mass is 16.5. The number of benzene rings is 1. The van der Waals surface area contributed by atoms with Crippen molar-refractivity contribution in [3.05, 3.63) is 30.3 Å². The Bertz CT molecular complexity index is 606. The molecule has 0 aliphatic carbocycles. The molecule has 2 heterocycles. The molecular weight excluding hydrogens is 272 g/mol. The summed E-state index contributed by atoms with van der Waals surface area (Å²) in [5, 5.41) is 8.15. The Labute approximate surface area is 122 Å². The molecule has 1 aromatic heterocycles. The van der Waals surface area contributed by atoms with E-state index in [0.29, 0.717) is 38.1 Å². The third-order valence-electron chi connectivity index (χ3n) is 3.42. The fourth-order valence-electron chi connectivity index (χ4n) is 2.25. The van der Waals surface area contributed by atoms with Crippen molar-refractivity contribution in [2.45, 2.75) is 0 Å². The van der Waals surface area contributed by atoms with E-state index in [4.69, 9.17) is 9.15 Å². The lowest BCUT2D eigenvalue weighted by Gasteiger charge is -2.32. The van der Waals surface area contributed by atoms with Crippen LogP contribution in [0.3, 0.4) is 0 Å². The van der Waals surface area contributed by atoms with Gasteiger partial charge in [0.05, 0.1) is 7.11 Å². The zero-order valence-electron chi connectivity index (χ0n) is 11.7. The Morgan fingerprint density at radius 3 is 2.52 bits per heavy atom. The molecule has 110 valence electrons. The van der Waals surface area contributed by atoms with Crippen molar-refractivity contribution in [1.29, 1.82) is 0 Å². The maximum atomic E-state index is 11.4. The van der Waals surface area contributed by atoms with Crippen molar-refractivity contribution in [3.63, 3.8) is 0 Å². The number of anilines is 1. The monoisotopic (exact) mass is 288 g/mol. The van der Waals surface area contributed by atoms with Gasteiger partial charge in [-0.15, -0.1) is 5.10 Å². The SMILES string of the molecule is COC(=O)N1CCN(c2nnc(-c3ccccc3)o2)CC1. The normalized spacial score (nSPS) is 15.1. The summed E-state index contributed by atoms with van der Waals surface area (Å²) in [7, 11) is 1.39.